The molecule has 3 heteroatoms. The maximum Gasteiger partial charge on any atom is 0.131 e. The van der Waals surface area contributed by atoms with Gasteiger partial charge in [-0.3, -0.25) is 4.98 Å². The minimum Gasteiger partial charge on any atom is -0.316 e. The zero-order valence-electron chi connectivity index (χ0n) is 9.04. The molecule has 0 saturated carbocycles. The van der Waals surface area contributed by atoms with Crippen molar-refractivity contribution in [3.63, 3.8) is 0 Å². The van der Waals surface area contributed by atoms with Gasteiger partial charge in [-0.1, -0.05) is 0 Å². The zero-order chi connectivity index (χ0) is 10.7. The van der Waals surface area contributed by atoms with E-state index in [-0.39, 0.29) is 5.92 Å². The largest absolute Gasteiger partial charge is 0.316 e. The number of pyridine rings is 1. The highest BCUT2D eigenvalue weighted by Crippen LogP contribution is 2.31. The first-order chi connectivity index (χ1) is 7.29. The lowest BCUT2D eigenvalue weighted by Gasteiger charge is -2.26. The van der Waals surface area contributed by atoms with Crippen LogP contribution in [-0.4, -0.2) is 18.1 Å². The van der Waals surface area contributed by atoms with Gasteiger partial charge in [0.25, 0.3) is 0 Å². The minimum atomic E-state index is -0.869. The molecular formula is C12H17FN2. The Morgan fingerprint density at radius 3 is 3.13 bits per heavy atom. The second-order valence-corrected chi connectivity index (χ2v) is 4.24. The van der Waals surface area contributed by atoms with Crippen molar-refractivity contribution in [2.75, 3.05) is 13.1 Å². The fourth-order valence-corrected chi connectivity index (χ4v) is 2.15. The van der Waals surface area contributed by atoms with E-state index in [4.69, 9.17) is 0 Å². The van der Waals surface area contributed by atoms with Crippen molar-refractivity contribution >= 4 is 0 Å². The van der Waals surface area contributed by atoms with Crippen molar-refractivity contribution in [3.8, 4) is 0 Å². The van der Waals surface area contributed by atoms with E-state index < -0.39 is 6.17 Å². The van der Waals surface area contributed by atoms with Crippen molar-refractivity contribution in [1.82, 2.24) is 10.3 Å². The molecule has 0 aliphatic carbocycles. The summed E-state index contributed by atoms with van der Waals surface area (Å²) in [6.07, 6.45) is 4.55. The number of piperidine rings is 1. The number of rotatable bonds is 2. The topological polar surface area (TPSA) is 24.9 Å². The summed E-state index contributed by atoms with van der Waals surface area (Å²) in [5, 5.41) is 3.24. The van der Waals surface area contributed by atoms with Crippen molar-refractivity contribution in [2.24, 2.45) is 5.92 Å². The molecule has 1 aromatic rings. The average molecular weight is 208 g/mol. The maximum absolute atomic E-state index is 14.2. The number of nitrogens with one attached hydrogen (secondary N) is 1. The first kappa shape index (κ1) is 10.6. The molecule has 0 radical (unpaired) electrons. The Balaban J connectivity index is 2.12. The third-order valence-corrected chi connectivity index (χ3v) is 3.13. The van der Waals surface area contributed by atoms with Crippen LogP contribution in [0.25, 0.3) is 0 Å². The van der Waals surface area contributed by atoms with E-state index in [0.717, 1.165) is 37.1 Å². The number of halogens is 1. The first-order valence-electron chi connectivity index (χ1n) is 5.54. The predicted molar refractivity (Wildman–Crippen MR) is 58.4 cm³/mol. The summed E-state index contributed by atoms with van der Waals surface area (Å²) in [5.74, 6) is 0.113. The number of aromatic nitrogens is 1. The maximum atomic E-state index is 14.2. The molecule has 0 amide bonds. The van der Waals surface area contributed by atoms with Gasteiger partial charge in [0.05, 0.1) is 0 Å². The first-order valence-corrected chi connectivity index (χ1v) is 5.54. The van der Waals surface area contributed by atoms with Crippen LogP contribution in [0.3, 0.4) is 0 Å². The van der Waals surface area contributed by atoms with E-state index >= 15 is 0 Å². The highest BCUT2D eigenvalue weighted by molar-refractivity contribution is 5.24. The molecule has 2 atom stereocenters. The van der Waals surface area contributed by atoms with Gasteiger partial charge >= 0.3 is 0 Å². The molecule has 1 fully saturated rings. The minimum absolute atomic E-state index is 0.113. The van der Waals surface area contributed by atoms with Crippen molar-refractivity contribution in [1.29, 1.82) is 0 Å². The molecule has 82 valence electrons. The van der Waals surface area contributed by atoms with Crippen molar-refractivity contribution < 1.29 is 4.39 Å². The van der Waals surface area contributed by atoms with E-state index in [0.29, 0.717) is 0 Å². The lowest BCUT2D eigenvalue weighted by Crippen LogP contribution is -2.32. The van der Waals surface area contributed by atoms with Crippen molar-refractivity contribution in [2.45, 2.75) is 25.9 Å². The quantitative estimate of drug-likeness (QED) is 0.807. The third-order valence-electron chi connectivity index (χ3n) is 3.13. The van der Waals surface area contributed by atoms with Gasteiger partial charge in [0.15, 0.2) is 0 Å². The average Bonchev–Trinajstić information content (AvgIpc) is 2.30. The Hall–Kier alpha value is -0.960. The number of hydrogen-bond acceptors (Lipinski definition) is 2. The van der Waals surface area contributed by atoms with E-state index in [1.54, 1.807) is 12.4 Å². The second-order valence-electron chi connectivity index (χ2n) is 4.24. The Labute approximate surface area is 89.9 Å². The fraction of sp³-hybridized carbons (Fsp3) is 0.583. The number of alkyl halides is 1. The molecule has 15 heavy (non-hydrogen) atoms. The number of aryl methyl sites for hydroxylation is 1. The lowest BCUT2D eigenvalue weighted by atomic mass is 9.89. The molecule has 2 rings (SSSR count). The van der Waals surface area contributed by atoms with Crippen LogP contribution in [0.15, 0.2) is 18.5 Å². The highest BCUT2D eigenvalue weighted by Gasteiger charge is 2.25. The smallest absolute Gasteiger partial charge is 0.131 e. The summed E-state index contributed by atoms with van der Waals surface area (Å²) < 4.78 is 14.2. The second kappa shape index (κ2) is 4.71. The van der Waals surface area contributed by atoms with E-state index in [2.05, 4.69) is 10.3 Å². The van der Waals surface area contributed by atoms with Gasteiger partial charge < -0.3 is 5.32 Å². The van der Waals surface area contributed by atoms with Gasteiger partial charge in [0, 0.05) is 30.4 Å². The molecule has 1 aliphatic heterocycles. The van der Waals surface area contributed by atoms with Gasteiger partial charge in [-0.15, -0.1) is 0 Å². The lowest BCUT2D eigenvalue weighted by molar-refractivity contribution is 0.193. The van der Waals surface area contributed by atoms with Gasteiger partial charge in [0.1, 0.15) is 6.17 Å². The van der Waals surface area contributed by atoms with Crippen LogP contribution in [0.2, 0.25) is 0 Å². The molecule has 2 nitrogen and oxygen atoms in total. The SMILES string of the molecule is Cc1ccncc1C(F)C1CCCNC1. The monoisotopic (exact) mass is 208 g/mol. The highest BCUT2D eigenvalue weighted by atomic mass is 19.1. The summed E-state index contributed by atoms with van der Waals surface area (Å²) in [5.41, 5.74) is 1.76. The van der Waals surface area contributed by atoms with Crippen LogP contribution >= 0.6 is 0 Å². The Morgan fingerprint density at radius 2 is 2.47 bits per heavy atom. The fourth-order valence-electron chi connectivity index (χ4n) is 2.15. The van der Waals surface area contributed by atoms with Gasteiger partial charge in [0.2, 0.25) is 0 Å². The van der Waals surface area contributed by atoms with Crippen LogP contribution in [0.4, 0.5) is 4.39 Å². The number of hydrogen-bond donors (Lipinski definition) is 1. The summed E-state index contributed by atoms with van der Waals surface area (Å²) >= 11 is 0. The summed E-state index contributed by atoms with van der Waals surface area (Å²) in [4.78, 5) is 4.00. The zero-order valence-corrected chi connectivity index (χ0v) is 9.04. The van der Waals surface area contributed by atoms with Crippen LogP contribution < -0.4 is 5.32 Å². The van der Waals surface area contributed by atoms with E-state index in [1.807, 2.05) is 13.0 Å². The molecule has 1 saturated heterocycles. The predicted octanol–water partition coefficient (Wildman–Crippen LogP) is 2.40. The molecule has 0 aromatic carbocycles. The molecule has 2 heterocycles. The molecule has 1 N–H and O–H groups in total. The summed E-state index contributed by atoms with van der Waals surface area (Å²) in [6, 6.07) is 1.87. The Morgan fingerprint density at radius 1 is 1.60 bits per heavy atom. The number of nitrogens with zero attached hydrogens (tertiary/aromatic N) is 1. The van der Waals surface area contributed by atoms with E-state index in [9.17, 15) is 4.39 Å². The molecule has 1 aliphatic rings. The molecular weight excluding hydrogens is 191 g/mol. The molecule has 2 unspecified atom stereocenters. The van der Waals surface area contributed by atoms with Gasteiger partial charge in [-0.2, -0.15) is 0 Å². The Bertz CT molecular complexity index is 321. The summed E-state index contributed by atoms with van der Waals surface area (Å²) in [6.45, 7) is 3.75. The van der Waals surface area contributed by atoms with Crippen LogP contribution in [0, 0.1) is 12.8 Å². The molecule has 1 aromatic heterocycles. The molecule has 0 bridgehead atoms. The van der Waals surface area contributed by atoms with Gasteiger partial charge in [-0.25, -0.2) is 4.39 Å². The van der Waals surface area contributed by atoms with Crippen LogP contribution in [0.5, 0.6) is 0 Å². The van der Waals surface area contributed by atoms with Gasteiger partial charge in [-0.05, 0) is 37.9 Å². The standard InChI is InChI=1S/C12H17FN2/c1-9-4-6-15-8-11(9)12(13)10-3-2-5-14-7-10/h4,6,8,10,12,14H,2-3,5,7H2,1H3. The Kier molecular flexibility index (Phi) is 3.31. The van der Waals surface area contributed by atoms with Crippen LogP contribution in [-0.2, 0) is 0 Å². The molecule has 0 spiro atoms. The normalized spacial score (nSPS) is 23.7. The van der Waals surface area contributed by atoms with Crippen LogP contribution in [0.1, 0.15) is 30.1 Å². The third kappa shape index (κ3) is 2.34. The van der Waals surface area contributed by atoms with E-state index in [1.165, 1.54) is 0 Å². The summed E-state index contributed by atoms with van der Waals surface area (Å²) in [7, 11) is 0. The van der Waals surface area contributed by atoms with Crippen molar-refractivity contribution in [3.05, 3.63) is 29.6 Å².